The first-order chi connectivity index (χ1) is 9.61. The Labute approximate surface area is 123 Å². The van der Waals surface area contributed by atoms with E-state index in [4.69, 9.17) is 5.26 Å². The Kier molecular flexibility index (Phi) is 3.03. The summed E-state index contributed by atoms with van der Waals surface area (Å²) in [5, 5.41) is 9.13. The molecule has 0 saturated heterocycles. The first kappa shape index (κ1) is 12.8. The summed E-state index contributed by atoms with van der Waals surface area (Å²) in [5.41, 5.74) is 2.86. The van der Waals surface area contributed by atoms with Crippen molar-refractivity contribution in [1.82, 2.24) is 9.55 Å². The van der Waals surface area contributed by atoms with Crippen LogP contribution in [0.25, 0.3) is 22.4 Å². The molecule has 1 aromatic heterocycles. The highest BCUT2D eigenvalue weighted by Crippen LogP contribution is 2.28. The van der Waals surface area contributed by atoms with Gasteiger partial charge in [-0.1, -0.05) is 6.07 Å². The van der Waals surface area contributed by atoms with Crippen molar-refractivity contribution in [2.45, 2.75) is 0 Å². The van der Waals surface area contributed by atoms with Crippen LogP contribution in [-0.2, 0) is 7.05 Å². The molecular formula is C15H9BrFN3. The van der Waals surface area contributed by atoms with Gasteiger partial charge in [-0.2, -0.15) is 5.26 Å². The molecule has 0 saturated carbocycles. The van der Waals surface area contributed by atoms with E-state index in [1.165, 1.54) is 6.07 Å². The third-order valence-electron chi connectivity index (χ3n) is 3.21. The molecular weight excluding hydrogens is 321 g/mol. The molecule has 0 radical (unpaired) electrons. The first-order valence-electron chi connectivity index (χ1n) is 5.93. The number of aryl methyl sites for hydroxylation is 1. The molecule has 0 fully saturated rings. The standard InChI is InChI=1S/C15H9BrFN3/c1-20-13-4-2-3-10(8-18)14(13)19-15(20)9-5-6-12(17)11(16)7-9/h2-7H,1H3. The molecule has 0 aliphatic heterocycles. The zero-order valence-electron chi connectivity index (χ0n) is 10.6. The Balaban J connectivity index is 2.29. The topological polar surface area (TPSA) is 41.6 Å². The predicted octanol–water partition coefficient (Wildman–Crippen LogP) is 4.01. The van der Waals surface area contributed by atoms with Gasteiger partial charge < -0.3 is 4.57 Å². The van der Waals surface area contributed by atoms with E-state index in [2.05, 4.69) is 27.0 Å². The molecule has 20 heavy (non-hydrogen) atoms. The number of nitriles is 1. The van der Waals surface area contributed by atoms with Crippen LogP contribution in [0.3, 0.4) is 0 Å². The zero-order chi connectivity index (χ0) is 14.3. The summed E-state index contributed by atoms with van der Waals surface area (Å²) < 4.78 is 15.6. The van der Waals surface area contributed by atoms with Crippen molar-refractivity contribution in [1.29, 1.82) is 5.26 Å². The van der Waals surface area contributed by atoms with Crippen molar-refractivity contribution < 1.29 is 4.39 Å². The second-order valence-corrected chi connectivity index (χ2v) is 5.26. The number of fused-ring (bicyclic) bond motifs is 1. The quantitative estimate of drug-likeness (QED) is 0.676. The maximum absolute atomic E-state index is 13.3. The molecule has 1 heterocycles. The third-order valence-corrected chi connectivity index (χ3v) is 3.82. The molecule has 0 aliphatic rings. The van der Waals surface area contributed by atoms with Crippen molar-refractivity contribution >= 4 is 27.0 Å². The summed E-state index contributed by atoms with van der Waals surface area (Å²) >= 11 is 3.18. The summed E-state index contributed by atoms with van der Waals surface area (Å²) in [4.78, 5) is 4.52. The normalized spacial score (nSPS) is 10.7. The molecule has 3 rings (SSSR count). The smallest absolute Gasteiger partial charge is 0.140 e. The van der Waals surface area contributed by atoms with Crippen molar-refractivity contribution in [3.05, 3.63) is 52.3 Å². The van der Waals surface area contributed by atoms with Crippen LogP contribution in [0.1, 0.15) is 5.56 Å². The van der Waals surface area contributed by atoms with Crippen LogP contribution in [0.4, 0.5) is 4.39 Å². The SMILES string of the molecule is Cn1c(-c2ccc(F)c(Br)c2)nc2c(C#N)cccc21. The predicted molar refractivity (Wildman–Crippen MR) is 78.5 cm³/mol. The van der Waals surface area contributed by atoms with Gasteiger partial charge in [-0.05, 0) is 46.3 Å². The Morgan fingerprint density at radius 3 is 2.80 bits per heavy atom. The molecule has 0 N–H and O–H groups in total. The van der Waals surface area contributed by atoms with Gasteiger partial charge in [-0.25, -0.2) is 9.37 Å². The number of benzene rings is 2. The van der Waals surface area contributed by atoms with Gasteiger partial charge in [0.05, 0.1) is 15.6 Å². The van der Waals surface area contributed by atoms with Crippen molar-refractivity contribution in [3.63, 3.8) is 0 Å². The van der Waals surface area contributed by atoms with E-state index >= 15 is 0 Å². The van der Waals surface area contributed by atoms with E-state index in [0.717, 1.165) is 11.1 Å². The number of rotatable bonds is 1. The minimum atomic E-state index is -0.315. The lowest BCUT2D eigenvalue weighted by molar-refractivity contribution is 0.621. The van der Waals surface area contributed by atoms with Crippen LogP contribution in [0, 0.1) is 17.1 Å². The highest BCUT2D eigenvalue weighted by Gasteiger charge is 2.13. The Morgan fingerprint density at radius 2 is 2.10 bits per heavy atom. The fourth-order valence-corrected chi connectivity index (χ4v) is 2.58. The maximum atomic E-state index is 13.3. The van der Waals surface area contributed by atoms with E-state index in [-0.39, 0.29) is 5.82 Å². The molecule has 98 valence electrons. The van der Waals surface area contributed by atoms with Gasteiger partial charge in [0, 0.05) is 12.6 Å². The molecule has 0 aliphatic carbocycles. The van der Waals surface area contributed by atoms with Gasteiger partial charge in [-0.15, -0.1) is 0 Å². The number of hydrogen-bond acceptors (Lipinski definition) is 2. The van der Waals surface area contributed by atoms with Crippen LogP contribution in [0.5, 0.6) is 0 Å². The van der Waals surface area contributed by atoms with E-state index in [9.17, 15) is 4.39 Å². The van der Waals surface area contributed by atoms with Gasteiger partial charge >= 0.3 is 0 Å². The second-order valence-electron chi connectivity index (χ2n) is 4.41. The number of aromatic nitrogens is 2. The molecule has 0 spiro atoms. The summed E-state index contributed by atoms with van der Waals surface area (Å²) in [6, 6.07) is 12.4. The Hall–Kier alpha value is -2.19. The Bertz CT molecular complexity index is 861. The molecule has 0 amide bonds. The van der Waals surface area contributed by atoms with Crippen LogP contribution >= 0.6 is 15.9 Å². The van der Waals surface area contributed by atoms with Gasteiger partial charge in [0.15, 0.2) is 0 Å². The van der Waals surface area contributed by atoms with Crippen LogP contribution < -0.4 is 0 Å². The monoisotopic (exact) mass is 329 g/mol. The number of hydrogen-bond donors (Lipinski definition) is 0. The van der Waals surface area contributed by atoms with E-state index in [1.807, 2.05) is 23.7 Å². The minimum Gasteiger partial charge on any atom is -0.327 e. The highest BCUT2D eigenvalue weighted by molar-refractivity contribution is 9.10. The van der Waals surface area contributed by atoms with Crippen molar-refractivity contribution in [3.8, 4) is 17.5 Å². The highest BCUT2D eigenvalue weighted by atomic mass is 79.9. The number of nitrogens with zero attached hydrogens (tertiary/aromatic N) is 3. The molecule has 0 unspecified atom stereocenters. The molecule has 0 bridgehead atoms. The van der Waals surface area contributed by atoms with Crippen molar-refractivity contribution in [2.24, 2.45) is 7.05 Å². The second kappa shape index (κ2) is 4.73. The van der Waals surface area contributed by atoms with Crippen molar-refractivity contribution in [2.75, 3.05) is 0 Å². The average Bonchev–Trinajstić information content (AvgIpc) is 2.79. The summed E-state index contributed by atoms with van der Waals surface area (Å²) in [7, 11) is 1.88. The summed E-state index contributed by atoms with van der Waals surface area (Å²) in [6.07, 6.45) is 0. The minimum absolute atomic E-state index is 0.315. The lowest BCUT2D eigenvalue weighted by Crippen LogP contribution is -1.92. The van der Waals surface area contributed by atoms with Gasteiger partial charge in [0.25, 0.3) is 0 Å². The molecule has 0 atom stereocenters. The van der Waals surface area contributed by atoms with Crippen LogP contribution in [0.2, 0.25) is 0 Å². The van der Waals surface area contributed by atoms with Crippen LogP contribution in [-0.4, -0.2) is 9.55 Å². The van der Waals surface area contributed by atoms with Gasteiger partial charge in [0.1, 0.15) is 23.2 Å². The number of imidazole rings is 1. The fourth-order valence-electron chi connectivity index (χ4n) is 2.20. The van der Waals surface area contributed by atoms with Gasteiger partial charge in [-0.3, -0.25) is 0 Å². The van der Waals surface area contributed by atoms with E-state index < -0.39 is 0 Å². The first-order valence-corrected chi connectivity index (χ1v) is 6.72. The fraction of sp³-hybridized carbons (Fsp3) is 0.0667. The van der Waals surface area contributed by atoms with Gasteiger partial charge in [0.2, 0.25) is 0 Å². The molecule has 2 aromatic carbocycles. The molecule has 3 nitrogen and oxygen atoms in total. The molecule has 5 heteroatoms. The zero-order valence-corrected chi connectivity index (χ0v) is 12.1. The average molecular weight is 330 g/mol. The lowest BCUT2D eigenvalue weighted by Gasteiger charge is -2.03. The number of halogens is 2. The third kappa shape index (κ3) is 1.89. The lowest BCUT2D eigenvalue weighted by atomic mass is 10.2. The van der Waals surface area contributed by atoms with Crippen LogP contribution in [0.15, 0.2) is 40.9 Å². The largest absolute Gasteiger partial charge is 0.327 e. The van der Waals surface area contributed by atoms with E-state index in [1.54, 1.807) is 18.2 Å². The summed E-state index contributed by atoms with van der Waals surface area (Å²) in [5.74, 6) is 0.383. The number of para-hydroxylation sites is 1. The Morgan fingerprint density at radius 1 is 1.30 bits per heavy atom. The summed E-state index contributed by atoms with van der Waals surface area (Å²) in [6.45, 7) is 0. The maximum Gasteiger partial charge on any atom is 0.140 e. The molecule has 3 aromatic rings. The van der Waals surface area contributed by atoms with E-state index in [0.29, 0.717) is 21.4 Å².